The van der Waals surface area contributed by atoms with E-state index in [1.165, 1.54) is 6.07 Å². The lowest BCUT2D eigenvalue weighted by Crippen LogP contribution is -1.96. The molecule has 0 radical (unpaired) electrons. The highest BCUT2D eigenvalue weighted by Gasteiger charge is 2.23. The molecule has 0 aromatic heterocycles. The van der Waals surface area contributed by atoms with Crippen LogP contribution in [0.1, 0.15) is 5.56 Å². The van der Waals surface area contributed by atoms with Gasteiger partial charge in [0.05, 0.1) is 15.9 Å². The van der Waals surface area contributed by atoms with Crippen LogP contribution in [-0.4, -0.2) is 9.85 Å². The summed E-state index contributed by atoms with van der Waals surface area (Å²) in [6, 6.07) is 3.10. The summed E-state index contributed by atoms with van der Waals surface area (Å²) in [5.41, 5.74) is -1.54. The Labute approximate surface area is 87.8 Å². The molecule has 8 heteroatoms. The number of nitro groups is 2. The van der Waals surface area contributed by atoms with Crippen LogP contribution in [0.5, 0.6) is 0 Å². The second kappa shape index (κ2) is 3.89. The molecule has 0 heterocycles. The minimum Gasteiger partial charge on any atom is -0.258 e. The molecule has 0 aliphatic rings. The molecule has 0 atom stereocenters. The van der Waals surface area contributed by atoms with E-state index in [2.05, 4.69) is 0 Å². The van der Waals surface area contributed by atoms with E-state index in [0.717, 1.165) is 6.07 Å². The van der Waals surface area contributed by atoms with Crippen molar-refractivity contribution in [1.82, 2.24) is 0 Å². The number of nitro benzene ring substituents is 2. The Kier molecular flexibility index (Phi) is 2.82. The number of halogens is 1. The molecule has 0 amide bonds. The molecular formula is C7H2ClN3O4. The quantitative estimate of drug-likeness (QED) is 0.567. The van der Waals surface area contributed by atoms with Gasteiger partial charge in [-0.05, 0) is 6.07 Å². The Bertz CT molecular complexity index is 494. The minimum absolute atomic E-state index is 0.304. The molecule has 7 nitrogen and oxygen atoms in total. The van der Waals surface area contributed by atoms with Crippen LogP contribution in [0.2, 0.25) is 5.02 Å². The zero-order chi connectivity index (χ0) is 11.6. The van der Waals surface area contributed by atoms with Gasteiger partial charge in [-0.15, -0.1) is 0 Å². The van der Waals surface area contributed by atoms with E-state index in [1.807, 2.05) is 0 Å². The maximum absolute atomic E-state index is 10.5. The molecule has 0 N–H and O–H groups in total. The first-order valence-corrected chi connectivity index (χ1v) is 3.87. The van der Waals surface area contributed by atoms with Gasteiger partial charge in [-0.2, -0.15) is 5.26 Å². The molecule has 76 valence electrons. The van der Waals surface area contributed by atoms with Crippen molar-refractivity contribution in [1.29, 1.82) is 5.26 Å². The van der Waals surface area contributed by atoms with E-state index in [0.29, 0.717) is 6.07 Å². The lowest BCUT2D eigenvalue weighted by atomic mass is 10.2. The highest BCUT2D eigenvalue weighted by atomic mass is 35.5. The summed E-state index contributed by atoms with van der Waals surface area (Å²) >= 11 is 5.46. The van der Waals surface area contributed by atoms with E-state index in [9.17, 15) is 20.2 Å². The molecule has 0 spiro atoms. The number of hydrogen-bond donors (Lipinski definition) is 0. The number of rotatable bonds is 2. The minimum atomic E-state index is -0.873. The lowest BCUT2D eigenvalue weighted by Gasteiger charge is -1.97. The van der Waals surface area contributed by atoms with E-state index < -0.39 is 21.2 Å². The first-order chi connectivity index (χ1) is 6.97. The fourth-order valence-electron chi connectivity index (χ4n) is 0.931. The summed E-state index contributed by atoms with van der Waals surface area (Å²) in [5, 5.41) is 29.1. The van der Waals surface area contributed by atoms with E-state index in [1.54, 1.807) is 0 Å². The van der Waals surface area contributed by atoms with Gasteiger partial charge in [0.25, 0.3) is 11.4 Å². The summed E-state index contributed by atoms with van der Waals surface area (Å²) in [6.07, 6.45) is 0. The Hall–Kier alpha value is -2.20. The highest BCUT2D eigenvalue weighted by Crippen LogP contribution is 2.31. The zero-order valence-electron chi connectivity index (χ0n) is 7.01. The van der Waals surface area contributed by atoms with Crippen LogP contribution in [0.15, 0.2) is 12.1 Å². The van der Waals surface area contributed by atoms with Gasteiger partial charge >= 0.3 is 0 Å². The molecule has 1 aromatic rings. The molecule has 0 aliphatic heterocycles. The van der Waals surface area contributed by atoms with Crippen LogP contribution in [0, 0.1) is 31.6 Å². The average molecular weight is 228 g/mol. The smallest absolute Gasteiger partial charge is 0.258 e. The van der Waals surface area contributed by atoms with Crippen LogP contribution >= 0.6 is 11.6 Å². The van der Waals surface area contributed by atoms with Crippen LogP contribution in [-0.2, 0) is 0 Å². The van der Waals surface area contributed by atoms with E-state index in [4.69, 9.17) is 16.9 Å². The van der Waals surface area contributed by atoms with Gasteiger partial charge in [0.2, 0.25) is 0 Å². The molecule has 15 heavy (non-hydrogen) atoms. The molecule has 1 rings (SSSR count). The predicted molar refractivity (Wildman–Crippen MR) is 49.5 cm³/mol. The predicted octanol–water partition coefficient (Wildman–Crippen LogP) is 2.03. The first kappa shape index (κ1) is 10.9. The van der Waals surface area contributed by atoms with E-state index in [-0.39, 0.29) is 10.6 Å². The summed E-state index contributed by atoms with van der Waals surface area (Å²) in [4.78, 5) is 19.1. The highest BCUT2D eigenvalue weighted by molar-refractivity contribution is 6.32. The van der Waals surface area contributed by atoms with Crippen molar-refractivity contribution in [2.75, 3.05) is 0 Å². The number of benzene rings is 1. The van der Waals surface area contributed by atoms with Crippen molar-refractivity contribution in [3.05, 3.63) is 42.9 Å². The van der Waals surface area contributed by atoms with Crippen LogP contribution < -0.4 is 0 Å². The van der Waals surface area contributed by atoms with Crippen molar-refractivity contribution in [2.24, 2.45) is 0 Å². The number of nitrogens with zero attached hydrogens (tertiary/aromatic N) is 3. The third kappa shape index (κ3) is 2.00. The lowest BCUT2D eigenvalue weighted by molar-refractivity contribution is -0.394. The standard InChI is InChI=1S/C7H2ClN3O4/c8-5-1-4(3-9)6(10(12)13)2-7(5)11(14)15/h1-2H. The summed E-state index contributed by atoms with van der Waals surface area (Å²) in [6.45, 7) is 0. The van der Waals surface area contributed by atoms with Gasteiger partial charge in [0, 0.05) is 0 Å². The Morgan fingerprint density at radius 3 is 2.13 bits per heavy atom. The number of hydrogen-bond acceptors (Lipinski definition) is 5. The third-order valence-corrected chi connectivity index (χ3v) is 1.88. The maximum Gasteiger partial charge on any atom is 0.294 e. The zero-order valence-corrected chi connectivity index (χ0v) is 7.76. The van der Waals surface area contributed by atoms with Crippen molar-refractivity contribution in [3.63, 3.8) is 0 Å². The molecule has 0 aliphatic carbocycles. The normalized spacial score (nSPS) is 9.33. The molecule has 0 saturated heterocycles. The fraction of sp³-hybridized carbons (Fsp3) is 0. The Morgan fingerprint density at radius 2 is 1.73 bits per heavy atom. The average Bonchev–Trinajstić information content (AvgIpc) is 2.16. The monoisotopic (exact) mass is 227 g/mol. The van der Waals surface area contributed by atoms with Crippen molar-refractivity contribution >= 4 is 23.0 Å². The summed E-state index contributed by atoms with van der Waals surface area (Å²) in [7, 11) is 0. The number of nitriles is 1. The molecule has 0 bridgehead atoms. The largest absolute Gasteiger partial charge is 0.294 e. The van der Waals surface area contributed by atoms with Gasteiger partial charge in [-0.1, -0.05) is 11.6 Å². The summed E-state index contributed by atoms with van der Waals surface area (Å²) < 4.78 is 0. The Morgan fingerprint density at radius 1 is 1.20 bits per heavy atom. The fourth-order valence-corrected chi connectivity index (χ4v) is 1.16. The summed E-state index contributed by atoms with van der Waals surface area (Å²) in [5.74, 6) is 0. The molecular weight excluding hydrogens is 226 g/mol. The van der Waals surface area contributed by atoms with Crippen LogP contribution in [0.25, 0.3) is 0 Å². The van der Waals surface area contributed by atoms with E-state index >= 15 is 0 Å². The second-order valence-corrected chi connectivity index (χ2v) is 2.85. The topological polar surface area (TPSA) is 110 Å². The van der Waals surface area contributed by atoms with Crippen molar-refractivity contribution < 1.29 is 9.85 Å². The van der Waals surface area contributed by atoms with Gasteiger partial charge in [-0.25, -0.2) is 0 Å². The van der Waals surface area contributed by atoms with Gasteiger partial charge in [0.15, 0.2) is 0 Å². The first-order valence-electron chi connectivity index (χ1n) is 3.49. The Balaban J connectivity index is 3.52. The van der Waals surface area contributed by atoms with Gasteiger partial charge in [0.1, 0.15) is 16.7 Å². The van der Waals surface area contributed by atoms with Crippen molar-refractivity contribution in [3.8, 4) is 6.07 Å². The molecule has 0 unspecified atom stereocenters. The SMILES string of the molecule is N#Cc1cc(Cl)c([N+](=O)[O-])cc1[N+](=O)[O-]. The van der Waals surface area contributed by atoms with Crippen LogP contribution in [0.4, 0.5) is 11.4 Å². The van der Waals surface area contributed by atoms with Crippen molar-refractivity contribution in [2.45, 2.75) is 0 Å². The molecule has 1 aromatic carbocycles. The maximum atomic E-state index is 10.5. The van der Waals surface area contributed by atoms with Crippen LogP contribution in [0.3, 0.4) is 0 Å². The second-order valence-electron chi connectivity index (χ2n) is 2.45. The molecule has 0 fully saturated rings. The van der Waals surface area contributed by atoms with Gasteiger partial charge < -0.3 is 0 Å². The van der Waals surface area contributed by atoms with Gasteiger partial charge in [-0.3, -0.25) is 20.2 Å². The molecule has 0 saturated carbocycles. The third-order valence-electron chi connectivity index (χ3n) is 1.58.